The van der Waals surface area contributed by atoms with E-state index in [1.807, 2.05) is 13.0 Å². The highest BCUT2D eigenvalue weighted by atomic mass is 35.5. The predicted octanol–water partition coefficient (Wildman–Crippen LogP) is 7.19. The largest absolute Gasteiger partial charge is 0.377 e. The smallest absolute Gasteiger partial charge is 0.0996 e. The molecule has 7 heteroatoms. The average molecular weight is 376 g/mol. The molecule has 0 radical (unpaired) electrons. The highest BCUT2D eigenvalue weighted by molar-refractivity contribution is 7.20. The first-order valence-corrected chi connectivity index (χ1v) is 7.95. The minimum absolute atomic E-state index is 0.0500. The SMILES string of the molecule is CC(Nc1cc(Cl)c(Cl)cc1Cl)c1cc(Cl)sc1Cl. The van der Waals surface area contributed by atoms with Crippen LogP contribution < -0.4 is 5.32 Å². The van der Waals surface area contributed by atoms with E-state index in [4.69, 9.17) is 58.0 Å². The molecule has 1 heterocycles. The van der Waals surface area contributed by atoms with E-state index in [-0.39, 0.29) is 6.04 Å². The van der Waals surface area contributed by atoms with E-state index in [1.54, 1.807) is 12.1 Å². The number of hydrogen-bond acceptors (Lipinski definition) is 2. The summed E-state index contributed by atoms with van der Waals surface area (Å²) in [5.41, 5.74) is 1.61. The molecule has 0 saturated carbocycles. The van der Waals surface area contributed by atoms with E-state index in [0.717, 1.165) is 5.56 Å². The molecule has 0 amide bonds. The summed E-state index contributed by atoms with van der Waals surface area (Å²) in [6.45, 7) is 1.96. The summed E-state index contributed by atoms with van der Waals surface area (Å²) in [6, 6.07) is 5.07. The van der Waals surface area contributed by atoms with Crippen LogP contribution in [0.5, 0.6) is 0 Å². The Labute approximate surface area is 140 Å². The minimum atomic E-state index is -0.0500. The van der Waals surface area contributed by atoms with E-state index in [0.29, 0.717) is 29.4 Å². The first-order chi connectivity index (χ1) is 8.88. The molecule has 0 aliphatic rings. The third kappa shape index (κ3) is 3.63. The fourth-order valence-corrected chi connectivity index (χ4v) is 3.84. The van der Waals surface area contributed by atoms with Crippen molar-refractivity contribution in [1.29, 1.82) is 0 Å². The van der Waals surface area contributed by atoms with Crippen molar-refractivity contribution in [1.82, 2.24) is 0 Å². The second kappa shape index (κ2) is 6.30. The Morgan fingerprint density at radius 1 is 0.947 bits per heavy atom. The molecule has 0 bridgehead atoms. The number of thiophene rings is 1. The van der Waals surface area contributed by atoms with Crippen LogP contribution in [0.3, 0.4) is 0 Å². The number of nitrogens with one attached hydrogen (secondary N) is 1. The molecule has 2 aromatic rings. The van der Waals surface area contributed by atoms with Gasteiger partial charge in [-0.1, -0.05) is 58.0 Å². The van der Waals surface area contributed by atoms with Gasteiger partial charge in [-0.15, -0.1) is 11.3 Å². The molecule has 0 spiro atoms. The molecule has 1 aromatic heterocycles. The third-order valence-corrected chi connectivity index (χ3v) is 5.08. The van der Waals surface area contributed by atoms with Gasteiger partial charge in [-0.05, 0) is 25.1 Å². The van der Waals surface area contributed by atoms with Gasteiger partial charge in [-0.2, -0.15) is 0 Å². The number of benzene rings is 1. The van der Waals surface area contributed by atoms with E-state index in [2.05, 4.69) is 5.32 Å². The van der Waals surface area contributed by atoms with Crippen LogP contribution in [-0.2, 0) is 0 Å². The molecule has 1 atom stereocenters. The number of anilines is 1. The van der Waals surface area contributed by atoms with E-state index in [1.165, 1.54) is 11.3 Å². The van der Waals surface area contributed by atoms with Crippen molar-refractivity contribution in [3.63, 3.8) is 0 Å². The average Bonchev–Trinajstić information content (AvgIpc) is 2.65. The maximum absolute atomic E-state index is 6.12. The normalized spacial score (nSPS) is 12.5. The fourth-order valence-electron chi connectivity index (χ4n) is 1.59. The lowest BCUT2D eigenvalue weighted by Crippen LogP contribution is -2.06. The van der Waals surface area contributed by atoms with Crippen molar-refractivity contribution >= 4 is 75.0 Å². The van der Waals surface area contributed by atoms with Crippen LogP contribution >= 0.6 is 69.3 Å². The van der Waals surface area contributed by atoms with E-state index in [9.17, 15) is 0 Å². The summed E-state index contributed by atoms with van der Waals surface area (Å²) in [6.07, 6.45) is 0. The Balaban J connectivity index is 2.26. The highest BCUT2D eigenvalue weighted by Crippen LogP contribution is 2.38. The van der Waals surface area contributed by atoms with Crippen LogP contribution in [0.15, 0.2) is 18.2 Å². The summed E-state index contributed by atoms with van der Waals surface area (Å²) in [5, 5.41) is 4.59. The number of hydrogen-bond donors (Lipinski definition) is 1. The van der Waals surface area contributed by atoms with Crippen LogP contribution in [0.4, 0.5) is 5.69 Å². The van der Waals surface area contributed by atoms with E-state index < -0.39 is 0 Å². The van der Waals surface area contributed by atoms with Gasteiger partial charge in [0.1, 0.15) is 0 Å². The molecular formula is C12H8Cl5NS. The predicted molar refractivity (Wildman–Crippen MR) is 87.8 cm³/mol. The summed E-state index contributed by atoms with van der Waals surface area (Å²) in [5.74, 6) is 0. The maximum Gasteiger partial charge on any atom is 0.0996 e. The second-order valence-electron chi connectivity index (χ2n) is 3.89. The molecule has 1 N–H and O–H groups in total. The third-order valence-electron chi connectivity index (χ3n) is 2.53. The zero-order valence-electron chi connectivity index (χ0n) is 9.61. The van der Waals surface area contributed by atoms with E-state index >= 15 is 0 Å². The molecule has 1 aromatic carbocycles. The second-order valence-corrected chi connectivity index (χ2v) is 7.40. The Bertz CT molecular complexity index is 610. The lowest BCUT2D eigenvalue weighted by atomic mass is 10.1. The van der Waals surface area contributed by atoms with Crippen molar-refractivity contribution < 1.29 is 0 Å². The standard InChI is InChI=1S/C12H8Cl5NS/c1-5(6-2-11(16)19-12(6)17)18-10-4-8(14)7(13)3-9(10)15/h2-5,18H,1H3. The summed E-state index contributed by atoms with van der Waals surface area (Å²) >= 11 is 31.4. The number of rotatable bonds is 3. The summed E-state index contributed by atoms with van der Waals surface area (Å²) < 4.78 is 1.30. The zero-order chi connectivity index (χ0) is 14.2. The van der Waals surface area contributed by atoms with Gasteiger partial charge in [0.2, 0.25) is 0 Å². The Kier molecular flexibility index (Phi) is 5.15. The van der Waals surface area contributed by atoms with Crippen molar-refractivity contribution in [3.05, 3.63) is 47.5 Å². The zero-order valence-corrected chi connectivity index (χ0v) is 14.2. The van der Waals surface area contributed by atoms with Crippen LogP contribution in [0.1, 0.15) is 18.5 Å². The van der Waals surface area contributed by atoms with Gasteiger partial charge in [0.05, 0.1) is 35.5 Å². The van der Waals surface area contributed by atoms with Gasteiger partial charge in [-0.25, -0.2) is 0 Å². The van der Waals surface area contributed by atoms with Crippen LogP contribution in [-0.4, -0.2) is 0 Å². The van der Waals surface area contributed by atoms with Crippen LogP contribution in [0.2, 0.25) is 23.7 Å². The first kappa shape index (κ1) is 15.6. The van der Waals surface area contributed by atoms with Gasteiger partial charge in [-0.3, -0.25) is 0 Å². The Morgan fingerprint density at radius 2 is 1.58 bits per heavy atom. The lowest BCUT2D eigenvalue weighted by Gasteiger charge is -2.16. The van der Waals surface area contributed by atoms with Crippen molar-refractivity contribution in [2.24, 2.45) is 0 Å². The topological polar surface area (TPSA) is 12.0 Å². The Hall–Kier alpha value is 0.170. The van der Waals surface area contributed by atoms with Crippen LogP contribution in [0, 0.1) is 0 Å². The summed E-state index contributed by atoms with van der Waals surface area (Å²) in [7, 11) is 0. The lowest BCUT2D eigenvalue weighted by molar-refractivity contribution is 0.891. The molecule has 0 saturated heterocycles. The highest BCUT2D eigenvalue weighted by Gasteiger charge is 2.15. The Morgan fingerprint density at radius 3 is 2.16 bits per heavy atom. The molecule has 1 nitrogen and oxygen atoms in total. The molecule has 19 heavy (non-hydrogen) atoms. The van der Waals surface area contributed by atoms with Crippen LogP contribution in [0.25, 0.3) is 0 Å². The quantitative estimate of drug-likeness (QED) is 0.560. The first-order valence-electron chi connectivity index (χ1n) is 5.24. The molecular weight excluding hydrogens is 367 g/mol. The van der Waals surface area contributed by atoms with Gasteiger partial charge < -0.3 is 5.32 Å². The van der Waals surface area contributed by atoms with Gasteiger partial charge in [0, 0.05) is 5.56 Å². The molecule has 0 aliphatic carbocycles. The maximum atomic E-state index is 6.12. The molecule has 102 valence electrons. The number of halogens is 5. The molecule has 0 aliphatic heterocycles. The van der Waals surface area contributed by atoms with Crippen molar-refractivity contribution in [2.45, 2.75) is 13.0 Å². The summed E-state index contributed by atoms with van der Waals surface area (Å²) in [4.78, 5) is 0. The fraction of sp³-hybridized carbons (Fsp3) is 0.167. The monoisotopic (exact) mass is 373 g/mol. The van der Waals surface area contributed by atoms with Crippen molar-refractivity contribution in [3.8, 4) is 0 Å². The molecule has 1 unspecified atom stereocenters. The van der Waals surface area contributed by atoms with Gasteiger partial charge in [0.15, 0.2) is 0 Å². The molecule has 0 fully saturated rings. The molecule has 2 rings (SSSR count). The minimum Gasteiger partial charge on any atom is -0.377 e. The van der Waals surface area contributed by atoms with Gasteiger partial charge >= 0.3 is 0 Å². The van der Waals surface area contributed by atoms with Crippen molar-refractivity contribution in [2.75, 3.05) is 5.32 Å². The van der Waals surface area contributed by atoms with Gasteiger partial charge in [0.25, 0.3) is 0 Å².